The Kier molecular flexibility index (Phi) is 8.54. The van der Waals surface area contributed by atoms with Gasteiger partial charge in [0.05, 0.1) is 22.9 Å². The van der Waals surface area contributed by atoms with E-state index < -0.39 is 17.6 Å². The number of anilines is 2. The molecule has 2 amide bonds. The number of nitrogens with one attached hydrogen (secondary N) is 2. The number of aromatic nitrogens is 2. The molecule has 1 atom stereocenters. The first-order chi connectivity index (χ1) is 15.8. The van der Waals surface area contributed by atoms with Crippen molar-refractivity contribution in [3.05, 3.63) is 42.0 Å². The van der Waals surface area contributed by atoms with Crippen LogP contribution >= 0.6 is 11.8 Å². The number of halogens is 3. The van der Waals surface area contributed by atoms with E-state index in [4.69, 9.17) is 0 Å². The summed E-state index contributed by atoms with van der Waals surface area (Å²) < 4.78 is 39.2. The zero-order valence-corrected chi connectivity index (χ0v) is 19.0. The lowest BCUT2D eigenvalue weighted by Gasteiger charge is -2.32. The Morgan fingerprint density at radius 2 is 1.97 bits per heavy atom. The van der Waals surface area contributed by atoms with Crippen LogP contribution in [0.15, 0.2) is 41.4 Å². The molecular weight excluding hydrogens is 455 g/mol. The van der Waals surface area contributed by atoms with Gasteiger partial charge in [-0.2, -0.15) is 13.2 Å². The van der Waals surface area contributed by atoms with Crippen LogP contribution in [0.1, 0.15) is 31.7 Å². The van der Waals surface area contributed by atoms with E-state index in [1.807, 2.05) is 11.8 Å². The van der Waals surface area contributed by atoms with Crippen molar-refractivity contribution in [2.45, 2.75) is 37.4 Å². The number of benzene rings is 1. The number of hydrogen-bond donors (Lipinski definition) is 2. The van der Waals surface area contributed by atoms with Crippen LogP contribution in [0, 0.1) is 5.92 Å². The maximum atomic E-state index is 13.1. The monoisotopic (exact) mass is 481 g/mol. The fraction of sp³-hybridized carbons (Fsp3) is 0.455. The number of alkyl halides is 3. The lowest BCUT2D eigenvalue weighted by Crippen LogP contribution is -2.43. The zero-order chi connectivity index (χ0) is 23.8. The fourth-order valence-corrected chi connectivity index (χ4v) is 4.13. The molecule has 1 aliphatic rings. The molecule has 0 bridgehead atoms. The first kappa shape index (κ1) is 24.8. The van der Waals surface area contributed by atoms with Crippen molar-refractivity contribution < 1.29 is 22.8 Å². The second-order valence-corrected chi connectivity index (χ2v) is 8.68. The number of piperidine rings is 1. The Balaban J connectivity index is 1.53. The SMILES string of the molecule is CCCNC(=O)[C@@H]1CCCN(c2ccc(SCC(=O)Nc3ccccc3C(F)(F)F)nn2)C1. The van der Waals surface area contributed by atoms with Crippen LogP contribution in [0.3, 0.4) is 0 Å². The van der Waals surface area contributed by atoms with Crippen molar-refractivity contribution in [1.29, 1.82) is 0 Å². The van der Waals surface area contributed by atoms with Gasteiger partial charge in [-0.3, -0.25) is 9.59 Å². The van der Waals surface area contributed by atoms with E-state index in [0.717, 1.165) is 43.6 Å². The standard InChI is InChI=1S/C22H26F3N5O2S/c1-2-11-26-21(32)15-6-5-12-30(13-15)18-9-10-20(29-28-18)33-14-19(31)27-17-8-4-3-7-16(17)22(23,24)25/h3-4,7-10,15H,2,5-6,11-14H2,1H3,(H,26,32)(H,27,31)/t15-/m1/s1. The largest absolute Gasteiger partial charge is 0.418 e. The molecule has 1 aliphatic heterocycles. The van der Waals surface area contributed by atoms with Crippen molar-refractivity contribution in [3.8, 4) is 0 Å². The van der Waals surface area contributed by atoms with E-state index in [9.17, 15) is 22.8 Å². The maximum Gasteiger partial charge on any atom is 0.418 e. The van der Waals surface area contributed by atoms with Gasteiger partial charge < -0.3 is 15.5 Å². The molecule has 178 valence electrons. The van der Waals surface area contributed by atoms with E-state index >= 15 is 0 Å². The summed E-state index contributed by atoms with van der Waals surface area (Å²) in [6, 6.07) is 8.33. The summed E-state index contributed by atoms with van der Waals surface area (Å²) in [5.74, 6) is -0.0662. The first-order valence-electron chi connectivity index (χ1n) is 10.7. The molecule has 11 heteroatoms. The van der Waals surface area contributed by atoms with Crippen molar-refractivity contribution in [2.24, 2.45) is 5.92 Å². The highest BCUT2D eigenvalue weighted by atomic mass is 32.2. The number of thioether (sulfide) groups is 1. The normalized spacial score (nSPS) is 16.4. The van der Waals surface area contributed by atoms with Crippen molar-refractivity contribution in [3.63, 3.8) is 0 Å². The third-order valence-electron chi connectivity index (χ3n) is 5.15. The predicted molar refractivity (Wildman–Crippen MR) is 121 cm³/mol. The molecular formula is C22H26F3N5O2S. The molecule has 1 aromatic heterocycles. The summed E-state index contributed by atoms with van der Waals surface area (Å²) in [6.07, 6.45) is -1.95. The van der Waals surface area contributed by atoms with Crippen LogP contribution in [0.2, 0.25) is 0 Å². The van der Waals surface area contributed by atoms with Crippen LogP contribution < -0.4 is 15.5 Å². The van der Waals surface area contributed by atoms with Crippen LogP contribution in [0.5, 0.6) is 0 Å². The van der Waals surface area contributed by atoms with Crippen molar-refractivity contribution in [1.82, 2.24) is 15.5 Å². The van der Waals surface area contributed by atoms with Crippen molar-refractivity contribution in [2.75, 3.05) is 35.6 Å². The summed E-state index contributed by atoms with van der Waals surface area (Å²) in [6.45, 7) is 4.02. The molecule has 2 heterocycles. The van der Waals surface area contributed by atoms with Gasteiger partial charge in [-0.05, 0) is 43.5 Å². The molecule has 33 heavy (non-hydrogen) atoms. The Bertz CT molecular complexity index is 956. The van der Waals surface area contributed by atoms with Gasteiger partial charge in [0.25, 0.3) is 0 Å². The van der Waals surface area contributed by atoms with Gasteiger partial charge in [0.1, 0.15) is 5.03 Å². The van der Waals surface area contributed by atoms with Gasteiger partial charge >= 0.3 is 6.18 Å². The highest BCUT2D eigenvalue weighted by molar-refractivity contribution is 7.99. The minimum absolute atomic E-state index is 0.0554. The molecule has 0 spiro atoms. The van der Waals surface area contributed by atoms with Gasteiger partial charge in [-0.15, -0.1) is 10.2 Å². The molecule has 1 fully saturated rings. The van der Waals surface area contributed by atoms with Crippen LogP contribution in [0.4, 0.5) is 24.7 Å². The smallest absolute Gasteiger partial charge is 0.356 e. The molecule has 2 aromatic rings. The van der Waals surface area contributed by atoms with Gasteiger partial charge in [-0.1, -0.05) is 30.8 Å². The Labute approximate surface area is 194 Å². The molecule has 2 N–H and O–H groups in total. The van der Waals surface area contributed by atoms with Crippen LogP contribution in [0.25, 0.3) is 0 Å². The zero-order valence-electron chi connectivity index (χ0n) is 18.2. The number of rotatable bonds is 8. The third-order valence-corrected chi connectivity index (χ3v) is 6.07. The third kappa shape index (κ3) is 7.08. The lowest BCUT2D eigenvalue weighted by atomic mass is 9.97. The molecule has 3 rings (SSSR count). The van der Waals surface area contributed by atoms with E-state index in [1.54, 1.807) is 12.1 Å². The first-order valence-corrected chi connectivity index (χ1v) is 11.7. The maximum absolute atomic E-state index is 13.1. The van der Waals surface area contributed by atoms with E-state index in [1.165, 1.54) is 18.2 Å². The highest BCUT2D eigenvalue weighted by Crippen LogP contribution is 2.34. The van der Waals surface area contributed by atoms with Gasteiger partial charge in [0.2, 0.25) is 11.8 Å². The van der Waals surface area contributed by atoms with E-state index in [-0.39, 0.29) is 23.3 Å². The fourth-order valence-electron chi connectivity index (χ4n) is 3.52. The van der Waals surface area contributed by atoms with Crippen LogP contribution in [-0.2, 0) is 15.8 Å². The summed E-state index contributed by atoms with van der Waals surface area (Å²) in [7, 11) is 0. The molecule has 1 aromatic carbocycles. The highest BCUT2D eigenvalue weighted by Gasteiger charge is 2.33. The average molecular weight is 482 g/mol. The number of hydrogen-bond acceptors (Lipinski definition) is 6. The second-order valence-electron chi connectivity index (χ2n) is 7.69. The topological polar surface area (TPSA) is 87.2 Å². The number of carbonyl (C=O) groups is 2. The molecule has 7 nitrogen and oxygen atoms in total. The number of nitrogens with zero attached hydrogens (tertiary/aromatic N) is 3. The number of amides is 2. The lowest BCUT2D eigenvalue weighted by molar-refractivity contribution is -0.137. The second kappa shape index (κ2) is 11.4. The van der Waals surface area contributed by atoms with Gasteiger partial charge in [-0.25, -0.2) is 0 Å². The average Bonchev–Trinajstić information content (AvgIpc) is 2.81. The molecule has 0 aliphatic carbocycles. The molecule has 0 unspecified atom stereocenters. The van der Waals surface area contributed by atoms with Gasteiger partial charge in [0, 0.05) is 19.6 Å². The Hall–Kier alpha value is -2.82. The molecule has 0 saturated carbocycles. The van der Waals surface area contributed by atoms with E-state index in [0.29, 0.717) is 23.9 Å². The minimum Gasteiger partial charge on any atom is -0.356 e. The summed E-state index contributed by atoms with van der Waals surface area (Å²) >= 11 is 1.08. The summed E-state index contributed by atoms with van der Waals surface area (Å²) in [5.41, 5.74) is -1.17. The summed E-state index contributed by atoms with van der Waals surface area (Å²) in [4.78, 5) is 26.4. The Morgan fingerprint density at radius 3 is 2.67 bits per heavy atom. The van der Waals surface area contributed by atoms with Gasteiger partial charge in [0.15, 0.2) is 5.82 Å². The van der Waals surface area contributed by atoms with Crippen molar-refractivity contribution >= 4 is 35.1 Å². The van der Waals surface area contributed by atoms with Crippen LogP contribution in [-0.4, -0.2) is 47.4 Å². The Morgan fingerprint density at radius 1 is 1.18 bits per heavy atom. The van der Waals surface area contributed by atoms with E-state index in [2.05, 4.69) is 20.8 Å². The number of para-hydroxylation sites is 1. The molecule has 0 radical (unpaired) electrons. The number of carbonyl (C=O) groups excluding carboxylic acids is 2. The predicted octanol–water partition coefficient (Wildman–Crippen LogP) is 3.97. The summed E-state index contributed by atoms with van der Waals surface area (Å²) in [5, 5.41) is 14.0. The molecule has 1 saturated heterocycles. The quantitative estimate of drug-likeness (QED) is 0.555. The minimum atomic E-state index is -4.55.